The summed E-state index contributed by atoms with van der Waals surface area (Å²) in [5, 5.41) is 11.8. The number of ketones is 1. The molecule has 0 saturated heterocycles. The van der Waals surface area contributed by atoms with Gasteiger partial charge in [-0.25, -0.2) is 0 Å². The number of hydrogen-bond donors (Lipinski definition) is 2. The fourth-order valence-corrected chi connectivity index (χ4v) is 3.58. The molecule has 2 aromatic rings. The highest BCUT2D eigenvalue weighted by atomic mass is 32.2. The van der Waals surface area contributed by atoms with Crippen LogP contribution in [0.2, 0.25) is 0 Å². The van der Waals surface area contributed by atoms with E-state index in [1.165, 1.54) is 4.88 Å². The lowest BCUT2D eigenvalue weighted by Crippen LogP contribution is -2.12. The highest BCUT2D eigenvalue weighted by molar-refractivity contribution is 8.01. The maximum atomic E-state index is 12.5. The van der Waals surface area contributed by atoms with Crippen LogP contribution in [0.15, 0.2) is 30.3 Å². The Labute approximate surface area is 173 Å². The molecular weight excluding hydrogens is 398 g/mol. The molecule has 1 unspecified atom stereocenters. The minimum atomic E-state index is -0.873. The molecule has 0 aliphatic heterocycles. The van der Waals surface area contributed by atoms with Crippen molar-refractivity contribution in [1.82, 2.24) is 0 Å². The third-order valence-electron chi connectivity index (χ3n) is 3.72. The lowest BCUT2D eigenvalue weighted by atomic mass is 10.0. The van der Waals surface area contributed by atoms with Crippen molar-refractivity contribution in [3.05, 3.63) is 46.3 Å². The lowest BCUT2D eigenvalue weighted by Gasteiger charge is -2.04. The van der Waals surface area contributed by atoms with Gasteiger partial charge in [-0.05, 0) is 43.7 Å². The second-order valence-corrected chi connectivity index (χ2v) is 8.11. The summed E-state index contributed by atoms with van der Waals surface area (Å²) in [6.07, 6.45) is 1.64. The van der Waals surface area contributed by atoms with Crippen molar-refractivity contribution in [2.24, 2.45) is 0 Å². The number of anilines is 1. The van der Waals surface area contributed by atoms with Gasteiger partial charge in [0, 0.05) is 17.5 Å². The first kappa shape index (κ1) is 23.7. The number of carbonyl (C=O) groups excluding carboxylic acids is 2. The van der Waals surface area contributed by atoms with Crippen molar-refractivity contribution < 1.29 is 24.2 Å². The van der Waals surface area contributed by atoms with E-state index in [0.29, 0.717) is 11.8 Å². The number of rotatable bonds is 9. The van der Waals surface area contributed by atoms with Gasteiger partial charge < -0.3 is 20.0 Å². The Morgan fingerprint density at radius 3 is 2.43 bits per heavy atom. The minimum Gasteiger partial charge on any atom is -0.497 e. The Hall–Kier alpha value is -2.32. The number of carbonyl (C=O) groups is 3. The van der Waals surface area contributed by atoms with Gasteiger partial charge in [-0.1, -0.05) is 6.92 Å². The quantitative estimate of drug-likeness (QED) is 0.465. The summed E-state index contributed by atoms with van der Waals surface area (Å²) in [5.41, 5.74) is 1.42. The van der Waals surface area contributed by atoms with Crippen molar-refractivity contribution >= 4 is 46.1 Å². The predicted molar refractivity (Wildman–Crippen MR) is 115 cm³/mol. The van der Waals surface area contributed by atoms with Crippen molar-refractivity contribution in [2.75, 3.05) is 25.2 Å². The molecule has 0 amide bonds. The smallest absolute Gasteiger partial charge is 0.316 e. The largest absolute Gasteiger partial charge is 0.497 e. The number of thiophene rings is 1. The normalized spacial score (nSPS) is 11.0. The number of nitrogens with one attached hydrogen (secondary N) is 1. The fourth-order valence-electron chi connectivity index (χ4n) is 2.12. The molecule has 0 aliphatic carbocycles. The van der Waals surface area contributed by atoms with Crippen molar-refractivity contribution in [3.63, 3.8) is 0 Å². The molecule has 8 heteroatoms. The van der Waals surface area contributed by atoms with Gasteiger partial charge in [0.25, 0.3) is 0 Å². The minimum absolute atomic E-state index is 0.0444. The van der Waals surface area contributed by atoms with Crippen LogP contribution >= 0.6 is 23.1 Å². The first-order valence-corrected chi connectivity index (χ1v) is 10.5. The third-order valence-corrected chi connectivity index (χ3v) is 6.04. The number of benzene rings is 1. The number of ether oxygens (including phenoxy) is 1. The topological polar surface area (TPSA) is 92.7 Å². The second kappa shape index (κ2) is 12.2. The van der Waals surface area contributed by atoms with Crippen LogP contribution in [0, 0.1) is 0 Å². The van der Waals surface area contributed by atoms with Crippen molar-refractivity contribution in [1.29, 1.82) is 0 Å². The summed E-state index contributed by atoms with van der Waals surface area (Å²) >= 11 is 2.75. The summed E-state index contributed by atoms with van der Waals surface area (Å²) < 4.78 is 5.10. The summed E-state index contributed by atoms with van der Waals surface area (Å²) in [5.74, 6) is 0.183. The van der Waals surface area contributed by atoms with Gasteiger partial charge in [-0.2, -0.15) is 0 Å². The first-order valence-electron chi connectivity index (χ1n) is 8.65. The molecule has 1 aromatic carbocycles. The predicted octanol–water partition coefficient (Wildman–Crippen LogP) is 3.98. The van der Waals surface area contributed by atoms with Crippen molar-refractivity contribution in [2.45, 2.75) is 25.5 Å². The molecule has 2 N–H and O–H groups in total. The molecule has 152 valence electrons. The number of carboxylic acid groups (broad SMARTS) is 1. The van der Waals surface area contributed by atoms with Crippen LogP contribution < -0.4 is 10.1 Å². The molecule has 0 saturated carbocycles. The van der Waals surface area contributed by atoms with Crippen LogP contribution in [0.3, 0.4) is 0 Å². The molecule has 1 aromatic heterocycles. The van der Waals surface area contributed by atoms with E-state index in [9.17, 15) is 14.4 Å². The maximum absolute atomic E-state index is 12.5. The number of aryl methyl sites for hydroxylation is 1. The van der Waals surface area contributed by atoms with Crippen LogP contribution in [0.4, 0.5) is 5.00 Å². The molecule has 1 atom stereocenters. The van der Waals surface area contributed by atoms with E-state index in [1.807, 2.05) is 13.1 Å². The number of methoxy groups -OCH3 is 1. The highest BCUT2D eigenvalue weighted by Gasteiger charge is 2.16. The zero-order chi connectivity index (χ0) is 21.1. The Bertz CT molecular complexity index is 786. The van der Waals surface area contributed by atoms with Crippen LogP contribution in [0.1, 0.15) is 34.6 Å². The van der Waals surface area contributed by atoms with E-state index >= 15 is 0 Å². The van der Waals surface area contributed by atoms with Gasteiger partial charge in [0.2, 0.25) is 0 Å². The number of aldehydes is 1. The van der Waals surface area contributed by atoms with Crippen LogP contribution in [-0.4, -0.2) is 48.3 Å². The van der Waals surface area contributed by atoms with E-state index in [1.54, 1.807) is 49.6 Å². The summed E-state index contributed by atoms with van der Waals surface area (Å²) in [6, 6.07) is 9.18. The average Bonchev–Trinajstić information content (AvgIpc) is 3.15. The lowest BCUT2D eigenvalue weighted by molar-refractivity contribution is -0.136. The highest BCUT2D eigenvalue weighted by Crippen LogP contribution is 2.30. The van der Waals surface area contributed by atoms with E-state index in [2.05, 4.69) is 12.2 Å². The summed E-state index contributed by atoms with van der Waals surface area (Å²) in [6.45, 7) is 3.64. The Kier molecular flexibility index (Phi) is 10.3. The van der Waals surface area contributed by atoms with Crippen LogP contribution in [0.25, 0.3) is 0 Å². The van der Waals surface area contributed by atoms with Gasteiger partial charge in [-0.15, -0.1) is 23.1 Å². The number of aliphatic carboxylic acids is 1. The molecule has 0 bridgehead atoms. The summed E-state index contributed by atoms with van der Waals surface area (Å²) in [4.78, 5) is 33.5. The fraction of sp³-hybridized carbons (Fsp3) is 0.350. The Balaban J connectivity index is 0.000000370. The molecule has 28 heavy (non-hydrogen) atoms. The van der Waals surface area contributed by atoms with Crippen LogP contribution in [-0.2, 0) is 16.0 Å². The summed E-state index contributed by atoms with van der Waals surface area (Å²) in [7, 11) is 3.46. The molecule has 2 rings (SSSR count). The van der Waals surface area contributed by atoms with Gasteiger partial charge >= 0.3 is 5.97 Å². The molecular formula is C20H25NO5S2. The molecule has 1 heterocycles. The zero-order valence-corrected chi connectivity index (χ0v) is 18.0. The molecule has 0 radical (unpaired) electrons. The van der Waals surface area contributed by atoms with Gasteiger partial charge in [0.15, 0.2) is 5.78 Å². The van der Waals surface area contributed by atoms with E-state index < -0.39 is 11.2 Å². The van der Waals surface area contributed by atoms with Gasteiger partial charge in [-0.3, -0.25) is 9.59 Å². The van der Waals surface area contributed by atoms with Crippen molar-refractivity contribution in [3.8, 4) is 5.75 Å². The zero-order valence-electron chi connectivity index (χ0n) is 16.4. The second-order valence-electron chi connectivity index (χ2n) is 5.60. The molecule has 6 nitrogen and oxygen atoms in total. The SMILES string of the molecule is CC(SCC=O)C(=O)O.CCc1cc(C(=O)c2ccc(OC)cc2)c(NC)s1. The average molecular weight is 424 g/mol. The Morgan fingerprint density at radius 1 is 1.32 bits per heavy atom. The molecule has 0 fully saturated rings. The number of hydrogen-bond acceptors (Lipinski definition) is 7. The van der Waals surface area contributed by atoms with E-state index in [-0.39, 0.29) is 11.5 Å². The van der Waals surface area contributed by atoms with E-state index in [0.717, 1.165) is 34.5 Å². The number of carboxylic acids is 1. The van der Waals surface area contributed by atoms with Crippen LogP contribution in [0.5, 0.6) is 5.75 Å². The standard InChI is InChI=1S/C15H17NO2S.C5H8O3S/c1-4-12-9-13(15(16-2)19-12)14(17)10-5-7-11(18-3)8-6-10;1-4(5(7)8)9-3-2-6/h5-9,16H,4H2,1-3H3;2,4H,3H2,1H3,(H,7,8). The first-order chi connectivity index (χ1) is 13.4. The van der Waals surface area contributed by atoms with Gasteiger partial charge in [0.1, 0.15) is 12.0 Å². The monoisotopic (exact) mass is 423 g/mol. The van der Waals surface area contributed by atoms with E-state index in [4.69, 9.17) is 9.84 Å². The Morgan fingerprint density at radius 2 is 1.96 bits per heavy atom. The molecule has 0 spiro atoms. The maximum Gasteiger partial charge on any atom is 0.316 e. The third kappa shape index (κ3) is 7.01. The van der Waals surface area contributed by atoms with Gasteiger partial charge in [0.05, 0.1) is 28.7 Å². The number of thioether (sulfide) groups is 1. The molecule has 0 aliphatic rings.